The van der Waals surface area contributed by atoms with Crippen LogP contribution in [0.15, 0.2) is 42.5 Å². The van der Waals surface area contributed by atoms with Crippen molar-refractivity contribution in [2.45, 2.75) is 37.8 Å². The van der Waals surface area contributed by atoms with E-state index in [2.05, 4.69) is 22.0 Å². The third-order valence-electron chi connectivity index (χ3n) is 7.63. The van der Waals surface area contributed by atoms with Crippen molar-refractivity contribution < 1.29 is 10.2 Å². The molecule has 1 aromatic heterocycles. The van der Waals surface area contributed by atoms with E-state index in [-0.39, 0.29) is 18.1 Å². The molecule has 0 radical (unpaired) electrons. The summed E-state index contributed by atoms with van der Waals surface area (Å²) in [6, 6.07) is 14.0. The van der Waals surface area contributed by atoms with Crippen molar-refractivity contribution in [3.63, 3.8) is 0 Å². The molecule has 1 saturated heterocycles. The van der Waals surface area contributed by atoms with Crippen molar-refractivity contribution in [2.24, 2.45) is 17.8 Å². The molecule has 3 aliphatic rings. The van der Waals surface area contributed by atoms with Gasteiger partial charge in [0.15, 0.2) is 0 Å². The van der Waals surface area contributed by atoms with Crippen LogP contribution in [0, 0.1) is 17.8 Å². The number of nitrogens with one attached hydrogen (secondary N) is 1. The van der Waals surface area contributed by atoms with Crippen molar-refractivity contribution in [1.29, 1.82) is 0 Å². The summed E-state index contributed by atoms with van der Waals surface area (Å²) in [5, 5.41) is 22.3. The summed E-state index contributed by atoms with van der Waals surface area (Å²) >= 11 is 6.21. The van der Waals surface area contributed by atoms with Crippen LogP contribution >= 0.6 is 11.6 Å². The molecular weight excluding hydrogens is 396 g/mol. The van der Waals surface area contributed by atoms with Crippen LogP contribution in [-0.2, 0) is 12.8 Å². The number of aliphatic hydroxyl groups excluding tert-OH is 1. The molecule has 0 amide bonds. The van der Waals surface area contributed by atoms with E-state index < -0.39 is 0 Å². The molecule has 0 bridgehead atoms. The first-order valence-electron chi connectivity index (χ1n) is 11.1. The van der Waals surface area contributed by atoms with Crippen LogP contribution in [0.3, 0.4) is 0 Å². The zero-order valence-corrected chi connectivity index (χ0v) is 17.6. The first-order valence-corrected chi connectivity index (χ1v) is 11.4. The maximum Gasteiger partial charge on any atom is 0.115 e. The highest BCUT2D eigenvalue weighted by Gasteiger charge is 2.47. The number of aliphatic hydroxyl groups is 1. The number of hydrogen-bond acceptors (Lipinski definition) is 3. The van der Waals surface area contributed by atoms with Crippen LogP contribution in [0.5, 0.6) is 5.75 Å². The molecular formula is C25H27ClN2O2. The molecule has 5 unspecified atom stereocenters. The van der Waals surface area contributed by atoms with E-state index in [9.17, 15) is 10.2 Å². The molecule has 2 heterocycles. The minimum Gasteiger partial charge on any atom is -0.508 e. The van der Waals surface area contributed by atoms with Crippen LogP contribution in [0.1, 0.15) is 35.7 Å². The van der Waals surface area contributed by atoms with E-state index in [0.717, 1.165) is 48.5 Å². The highest BCUT2D eigenvalue weighted by atomic mass is 35.5. The van der Waals surface area contributed by atoms with Crippen LogP contribution in [0.4, 0.5) is 0 Å². The van der Waals surface area contributed by atoms with Gasteiger partial charge in [0, 0.05) is 40.1 Å². The summed E-state index contributed by atoms with van der Waals surface area (Å²) in [5.74, 6) is 1.91. The molecule has 4 nitrogen and oxygen atoms in total. The van der Waals surface area contributed by atoms with Gasteiger partial charge < -0.3 is 15.2 Å². The zero-order chi connectivity index (χ0) is 20.4. The molecule has 5 atom stereocenters. The lowest BCUT2D eigenvalue weighted by Gasteiger charge is -2.44. The predicted molar refractivity (Wildman–Crippen MR) is 119 cm³/mol. The second kappa shape index (κ2) is 7.01. The number of phenols is 1. The Labute approximate surface area is 181 Å². The molecule has 30 heavy (non-hydrogen) atoms. The first kappa shape index (κ1) is 18.7. The average Bonchev–Trinajstić information content (AvgIpc) is 3.33. The summed E-state index contributed by atoms with van der Waals surface area (Å²) in [6.45, 7) is 2.10. The van der Waals surface area contributed by atoms with Gasteiger partial charge in [-0.1, -0.05) is 29.8 Å². The van der Waals surface area contributed by atoms with Crippen molar-refractivity contribution in [3.8, 4) is 5.75 Å². The first-order chi connectivity index (χ1) is 14.6. The van der Waals surface area contributed by atoms with Gasteiger partial charge in [0.2, 0.25) is 0 Å². The summed E-state index contributed by atoms with van der Waals surface area (Å²) in [7, 11) is 0. The molecule has 3 aromatic rings. The second-order valence-corrected chi connectivity index (χ2v) is 9.93. The van der Waals surface area contributed by atoms with Crippen LogP contribution < -0.4 is 0 Å². The van der Waals surface area contributed by atoms with Crippen molar-refractivity contribution >= 4 is 22.5 Å². The van der Waals surface area contributed by atoms with E-state index in [1.54, 1.807) is 6.07 Å². The van der Waals surface area contributed by atoms with E-state index in [1.165, 1.54) is 23.1 Å². The number of likely N-dealkylation sites (tertiary alicyclic amines) is 1. The Morgan fingerprint density at radius 3 is 2.77 bits per heavy atom. The molecule has 0 spiro atoms. The normalized spacial score (nSPS) is 29.4. The van der Waals surface area contributed by atoms with Gasteiger partial charge in [0.05, 0.1) is 6.10 Å². The minimum absolute atomic E-state index is 0.191. The van der Waals surface area contributed by atoms with Crippen LogP contribution in [0.25, 0.3) is 10.9 Å². The third-order valence-corrected chi connectivity index (χ3v) is 7.86. The van der Waals surface area contributed by atoms with Gasteiger partial charge in [0.1, 0.15) is 5.75 Å². The molecule has 6 rings (SSSR count). The Hall–Kier alpha value is -2.01. The van der Waals surface area contributed by atoms with Gasteiger partial charge >= 0.3 is 0 Å². The number of benzene rings is 2. The van der Waals surface area contributed by atoms with Gasteiger partial charge in [0.25, 0.3) is 0 Å². The van der Waals surface area contributed by atoms with Gasteiger partial charge in [-0.15, -0.1) is 0 Å². The van der Waals surface area contributed by atoms with Crippen molar-refractivity contribution in [1.82, 2.24) is 9.88 Å². The third kappa shape index (κ3) is 3.13. The number of rotatable bonds is 3. The topological polar surface area (TPSA) is 59.5 Å². The van der Waals surface area contributed by atoms with Gasteiger partial charge in [-0.25, -0.2) is 0 Å². The fraction of sp³-hybridized carbons (Fsp3) is 0.440. The maximum absolute atomic E-state index is 10.2. The highest BCUT2D eigenvalue weighted by molar-refractivity contribution is 6.31. The smallest absolute Gasteiger partial charge is 0.115 e. The van der Waals surface area contributed by atoms with Crippen LogP contribution in [-0.4, -0.2) is 39.3 Å². The minimum atomic E-state index is -0.216. The molecule has 156 valence electrons. The Morgan fingerprint density at radius 2 is 1.97 bits per heavy atom. The number of aromatic amines is 1. The predicted octanol–water partition coefficient (Wildman–Crippen LogP) is 4.69. The summed E-state index contributed by atoms with van der Waals surface area (Å²) < 4.78 is 0. The molecule has 5 heteroatoms. The Bertz CT molecular complexity index is 1110. The average molecular weight is 423 g/mol. The van der Waals surface area contributed by atoms with Crippen LogP contribution in [0.2, 0.25) is 5.02 Å². The monoisotopic (exact) mass is 422 g/mol. The standard InChI is InChI=1S/C25H27ClN2O2/c26-17-4-5-19-20-9-16-13-28(7-6-14(16)10-22(20)27-23(19)11-17)25(21-12-24(21)30)15-2-1-3-18(29)8-15/h1-5,8,11,14,16,21,24-25,27,29-30H,6-7,9-10,12-13H2. The number of aromatic nitrogens is 1. The molecule has 2 fully saturated rings. The number of phenolic OH excluding ortho intramolecular Hbond substituents is 1. The number of H-pyrrole nitrogens is 1. The molecule has 1 aliphatic heterocycles. The van der Waals surface area contributed by atoms with E-state index >= 15 is 0 Å². The van der Waals surface area contributed by atoms with E-state index in [1.807, 2.05) is 24.3 Å². The van der Waals surface area contributed by atoms with Gasteiger partial charge in [-0.05, 0) is 79.5 Å². The summed E-state index contributed by atoms with van der Waals surface area (Å²) in [4.78, 5) is 6.21. The Kier molecular flexibility index (Phi) is 4.38. The molecule has 2 aliphatic carbocycles. The second-order valence-electron chi connectivity index (χ2n) is 9.49. The highest BCUT2D eigenvalue weighted by Crippen LogP contribution is 2.48. The SMILES string of the molecule is Oc1cccc(C(C2CC2O)N2CCC3Cc4[nH]c5cc(Cl)ccc5c4CC3C2)c1. The Morgan fingerprint density at radius 1 is 1.10 bits per heavy atom. The summed E-state index contributed by atoms with van der Waals surface area (Å²) in [5.41, 5.74) is 5.14. The van der Waals surface area contributed by atoms with E-state index in [4.69, 9.17) is 11.6 Å². The summed E-state index contributed by atoms with van der Waals surface area (Å²) in [6.07, 6.45) is 4.03. The van der Waals surface area contributed by atoms with Crippen molar-refractivity contribution in [3.05, 3.63) is 64.3 Å². The van der Waals surface area contributed by atoms with E-state index in [0.29, 0.717) is 17.6 Å². The fourth-order valence-corrected chi connectivity index (χ4v) is 6.23. The number of fused-ring (bicyclic) bond motifs is 4. The van der Waals surface area contributed by atoms with Gasteiger partial charge in [-0.2, -0.15) is 0 Å². The molecule has 2 aromatic carbocycles. The van der Waals surface area contributed by atoms with Crippen molar-refractivity contribution in [2.75, 3.05) is 13.1 Å². The quantitative estimate of drug-likeness (QED) is 0.574. The largest absolute Gasteiger partial charge is 0.508 e. The lowest BCUT2D eigenvalue weighted by molar-refractivity contribution is 0.0583. The lowest BCUT2D eigenvalue weighted by atomic mass is 9.73. The number of nitrogens with zero attached hydrogens (tertiary/aromatic N) is 1. The van der Waals surface area contributed by atoms with Gasteiger partial charge in [-0.3, -0.25) is 4.90 Å². The maximum atomic E-state index is 10.2. The Balaban J connectivity index is 1.29. The molecule has 1 saturated carbocycles. The number of halogens is 1. The number of piperidine rings is 1. The lowest BCUT2D eigenvalue weighted by Crippen LogP contribution is -2.46. The fourth-order valence-electron chi connectivity index (χ4n) is 6.05. The number of hydrogen-bond donors (Lipinski definition) is 3. The zero-order valence-electron chi connectivity index (χ0n) is 16.9. The molecule has 3 N–H and O–H groups in total. The number of aromatic hydroxyl groups is 1.